The van der Waals surface area contributed by atoms with Crippen LogP contribution in [0.2, 0.25) is 0 Å². The molecule has 10 heteroatoms. The van der Waals surface area contributed by atoms with Gasteiger partial charge >= 0.3 is 0 Å². The third kappa shape index (κ3) is 4.40. The minimum atomic E-state index is -0.921. The van der Waals surface area contributed by atoms with E-state index in [1.807, 2.05) is 25.1 Å². The molecule has 1 aliphatic carbocycles. The first-order valence-corrected chi connectivity index (χ1v) is 10.7. The first-order chi connectivity index (χ1) is 16.4. The number of halogens is 1. The topological polar surface area (TPSA) is 115 Å². The molecule has 0 spiro atoms. The summed E-state index contributed by atoms with van der Waals surface area (Å²) in [4.78, 5) is 21.7. The Labute approximate surface area is 193 Å². The predicted octanol–water partition coefficient (Wildman–Crippen LogP) is 4.36. The molecule has 0 radical (unpaired) electrons. The van der Waals surface area contributed by atoms with Gasteiger partial charge in [-0.3, -0.25) is 9.20 Å². The Morgan fingerprint density at radius 1 is 1.38 bits per heavy atom. The van der Waals surface area contributed by atoms with Crippen molar-refractivity contribution in [3.8, 4) is 11.4 Å². The van der Waals surface area contributed by atoms with Gasteiger partial charge in [-0.05, 0) is 42.7 Å². The predicted molar refractivity (Wildman–Crippen MR) is 121 cm³/mol. The molecule has 9 nitrogen and oxygen atoms in total. The van der Waals surface area contributed by atoms with Gasteiger partial charge in [0, 0.05) is 17.4 Å². The molecule has 3 aromatic heterocycles. The van der Waals surface area contributed by atoms with Gasteiger partial charge in [0.1, 0.15) is 29.9 Å². The zero-order valence-corrected chi connectivity index (χ0v) is 18.4. The fourth-order valence-electron chi connectivity index (χ4n) is 3.57. The van der Waals surface area contributed by atoms with Gasteiger partial charge in [-0.25, -0.2) is 9.37 Å². The van der Waals surface area contributed by atoms with Crippen molar-refractivity contribution < 1.29 is 23.6 Å². The lowest BCUT2D eigenvalue weighted by Gasteiger charge is -2.10. The average molecular weight is 463 g/mol. The summed E-state index contributed by atoms with van der Waals surface area (Å²) in [7, 11) is 0. The number of amides is 1. The van der Waals surface area contributed by atoms with Crippen molar-refractivity contribution in [3.63, 3.8) is 0 Å². The number of aryl methyl sites for hydroxylation is 1. The smallest absolute Gasteiger partial charge is 0.274 e. The number of hydrogen-bond acceptors (Lipinski definition) is 7. The molecule has 0 unspecified atom stereocenters. The van der Waals surface area contributed by atoms with Crippen molar-refractivity contribution in [2.45, 2.75) is 32.0 Å². The van der Waals surface area contributed by atoms with Gasteiger partial charge in [-0.2, -0.15) is 4.98 Å². The highest BCUT2D eigenvalue weighted by molar-refractivity contribution is 6.04. The van der Waals surface area contributed by atoms with Crippen LogP contribution in [0.1, 0.15) is 39.8 Å². The van der Waals surface area contributed by atoms with Crippen molar-refractivity contribution in [1.29, 1.82) is 0 Å². The lowest BCUT2D eigenvalue weighted by Crippen LogP contribution is -2.15. The summed E-state index contributed by atoms with van der Waals surface area (Å²) < 4.78 is 25.5. The fraction of sp³-hybridized carbons (Fsp3) is 0.250. The van der Waals surface area contributed by atoms with Gasteiger partial charge in [0.05, 0.1) is 18.7 Å². The number of aliphatic hydroxyl groups is 1. The Kier molecular flexibility index (Phi) is 5.58. The minimum Gasteiger partial charge on any atom is -0.510 e. The van der Waals surface area contributed by atoms with Crippen LogP contribution in [0.25, 0.3) is 17.0 Å². The summed E-state index contributed by atoms with van der Waals surface area (Å²) in [6.07, 6.45) is 2.72. The van der Waals surface area contributed by atoms with E-state index < -0.39 is 6.17 Å². The molecule has 2 atom stereocenters. The average Bonchev–Trinajstić information content (AvgIpc) is 3.20. The number of aliphatic hydroxyl groups excluding tert-OH is 1. The van der Waals surface area contributed by atoms with Gasteiger partial charge in [-0.15, -0.1) is 0 Å². The van der Waals surface area contributed by atoms with E-state index in [0.29, 0.717) is 40.7 Å². The number of carbonyl (C=O) groups is 1. The summed E-state index contributed by atoms with van der Waals surface area (Å²) >= 11 is 0. The van der Waals surface area contributed by atoms with Crippen molar-refractivity contribution in [2.24, 2.45) is 0 Å². The first-order valence-electron chi connectivity index (χ1n) is 10.7. The molecule has 0 aliphatic heterocycles. The lowest BCUT2D eigenvalue weighted by molar-refractivity contribution is 0.102. The molecule has 34 heavy (non-hydrogen) atoms. The number of hydrogen-bond donors (Lipinski definition) is 2. The molecule has 5 rings (SSSR count). The number of rotatable bonds is 8. The van der Waals surface area contributed by atoms with E-state index in [2.05, 4.69) is 27.0 Å². The second-order valence-electron chi connectivity index (χ2n) is 8.26. The number of nitrogens with zero attached hydrogens (tertiary/aromatic N) is 4. The summed E-state index contributed by atoms with van der Waals surface area (Å²) in [5.41, 5.74) is 3.89. The number of carbonyl (C=O) groups excluding carboxylic acids is 1. The van der Waals surface area contributed by atoms with Crippen LogP contribution in [0, 0.1) is 6.92 Å². The van der Waals surface area contributed by atoms with Crippen LogP contribution in [0.5, 0.6) is 0 Å². The molecular formula is C24H22FN5O4. The van der Waals surface area contributed by atoms with Gasteiger partial charge < -0.3 is 19.7 Å². The molecule has 1 saturated carbocycles. The lowest BCUT2D eigenvalue weighted by atomic mass is 10.1. The zero-order valence-electron chi connectivity index (χ0n) is 18.4. The molecule has 1 fully saturated rings. The number of fused-ring (bicyclic) bond motifs is 1. The maximum absolute atomic E-state index is 13.3. The van der Waals surface area contributed by atoms with E-state index >= 15 is 0 Å². The fourth-order valence-corrected chi connectivity index (χ4v) is 3.57. The van der Waals surface area contributed by atoms with Crippen LogP contribution in [0.4, 0.5) is 10.1 Å². The number of imidazole rings is 1. The van der Waals surface area contributed by atoms with Gasteiger partial charge in [-0.1, -0.05) is 23.9 Å². The van der Waals surface area contributed by atoms with Crippen molar-refractivity contribution in [3.05, 3.63) is 77.8 Å². The Morgan fingerprint density at radius 2 is 2.21 bits per heavy atom. The van der Waals surface area contributed by atoms with E-state index in [1.54, 1.807) is 22.7 Å². The molecule has 2 N–H and O–H groups in total. The van der Waals surface area contributed by atoms with Gasteiger partial charge in [0.15, 0.2) is 0 Å². The second kappa shape index (κ2) is 8.71. The molecule has 174 valence electrons. The van der Waals surface area contributed by atoms with Crippen LogP contribution in [0.15, 0.2) is 59.6 Å². The van der Waals surface area contributed by atoms with E-state index in [1.165, 1.54) is 6.20 Å². The molecule has 0 bridgehead atoms. The number of anilines is 1. The number of nitrogens with one attached hydrogen (secondary N) is 1. The van der Waals surface area contributed by atoms with Crippen LogP contribution < -0.4 is 5.32 Å². The van der Waals surface area contributed by atoms with Crippen molar-refractivity contribution in [2.75, 3.05) is 11.9 Å². The van der Waals surface area contributed by atoms with E-state index in [-0.39, 0.29) is 30.8 Å². The van der Waals surface area contributed by atoms with Crippen LogP contribution in [0.3, 0.4) is 0 Å². The van der Waals surface area contributed by atoms with Crippen molar-refractivity contribution in [1.82, 2.24) is 19.5 Å². The maximum atomic E-state index is 13.3. The third-order valence-electron chi connectivity index (χ3n) is 5.56. The zero-order chi connectivity index (χ0) is 23.8. The molecule has 1 amide bonds. The SMILES string of the molecule is C=C(O)COCc1ccn2c(C(=O)Nc3cc(-c4noc([C@H]5C[C@@H]5F)n4)ccc3C)cnc2c1. The molecule has 1 aromatic carbocycles. The Balaban J connectivity index is 1.33. The Morgan fingerprint density at radius 3 is 2.97 bits per heavy atom. The largest absolute Gasteiger partial charge is 0.510 e. The molecular weight excluding hydrogens is 441 g/mol. The Bertz CT molecular complexity index is 1400. The standard InChI is InChI=1S/C24H22FN5O4/c1-13-3-4-16(22-28-24(34-29-22)17-9-18(17)25)8-19(13)27-23(32)20-10-26-21-7-15(5-6-30(20)21)12-33-11-14(2)31/h3-8,10,17-18,31H,2,9,11-12H2,1H3,(H,27,32)/t17-,18-/m0/s1. The van der Waals surface area contributed by atoms with Crippen LogP contribution in [-0.4, -0.2) is 43.3 Å². The third-order valence-corrected chi connectivity index (χ3v) is 5.56. The minimum absolute atomic E-state index is 0.0451. The number of benzene rings is 1. The normalized spacial score (nSPS) is 17.1. The summed E-state index contributed by atoms with van der Waals surface area (Å²) in [5.74, 6) is -0.0525. The van der Waals surface area contributed by atoms with Crippen molar-refractivity contribution >= 4 is 17.2 Å². The van der Waals surface area contributed by atoms with E-state index in [9.17, 15) is 9.18 Å². The van der Waals surface area contributed by atoms with E-state index in [0.717, 1.165) is 11.1 Å². The van der Waals surface area contributed by atoms with Crippen LogP contribution >= 0.6 is 0 Å². The second-order valence-corrected chi connectivity index (χ2v) is 8.26. The highest BCUT2D eigenvalue weighted by Crippen LogP contribution is 2.43. The first kappa shape index (κ1) is 21.8. The number of aromatic nitrogens is 4. The molecule has 0 saturated heterocycles. The highest BCUT2D eigenvalue weighted by atomic mass is 19.1. The molecule has 3 heterocycles. The van der Waals surface area contributed by atoms with Gasteiger partial charge in [0.2, 0.25) is 11.7 Å². The summed E-state index contributed by atoms with van der Waals surface area (Å²) in [6, 6.07) is 9.04. The Hall–Kier alpha value is -4.05. The van der Waals surface area contributed by atoms with Crippen LogP contribution in [-0.2, 0) is 11.3 Å². The number of ether oxygens (including phenoxy) is 1. The quantitative estimate of drug-likeness (QED) is 0.373. The van der Waals surface area contributed by atoms with Gasteiger partial charge in [0.25, 0.3) is 5.91 Å². The molecule has 4 aromatic rings. The number of alkyl halides is 1. The summed E-state index contributed by atoms with van der Waals surface area (Å²) in [6.45, 7) is 5.58. The number of pyridine rings is 1. The van der Waals surface area contributed by atoms with E-state index in [4.69, 9.17) is 14.4 Å². The summed E-state index contributed by atoms with van der Waals surface area (Å²) in [5, 5.41) is 16.0. The monoisotopic (exact) mass is 463 g/mol. The molecule has 1 aliphatic rings. The maximum Gasteiger partial charge on any atom is 0.274 e. The highest BCUT2D eigenvalue weighted by Gasteiger charge is 2.43.